The van der Waals surface area contributed by atoms with Gasteiger partial charge in [-0.2, -0.15) is 16.4 Å². The molecule has 0 unspecified atom stereocenters. The average Bonchev–Trinajstić information content (AvgIpc) is 3.59. The van der Waals surface area contributed by atoms with E-state index in [2.05, 4.69) is 15.5 Å². The number of hydrogen-bond acceptors (Lipinski definition) is 6. The van der Waals surface area contributed by atoms with Crippen LogP contribution in [0.3, 0.4) is 0 Å². The SMILES string of the molecule is O=C(CCc1nnc(-c2ccsc2)o1)Nc1cc(C2CCCC2)nn1-c1ccccc1. The summed E-state index contributed by atoms with van der Waals surface area (Å²) < 4.78 is 7.51. The van der Waals surface area contributed by atoms with Crippen molar-refractivity contribution in [2.24, 2.45) is 0 Å². The summed E-state index contributed by atoms with van der Waals surface area (Å²) in [5, 5.41) is 19.9. The molecule has 0 spiro atoms. The normalized spacial score (nSPS) is 14.2. The van der Waals surface area contributed by atoms with Gasteiger partial charge in [0.25, 0.3) is 0 Å². The first kappa shape index (κ1) is 19.7. The van der Waals surface area contributed by atoms with Gasteiger partial charge in [-0.15, -0.1) is 10.2 Å². The molecule has 8 heteroatoms. The van der Waals surface area contributed by atoms with Crippen LogP contribution in [0.15, 0.2) is 57.6 Å². The second-order valence-corrected chi connectivity index (χ2v) is 8.52. The van der Waals surface area contributed by atoms with Crippen molar-refractivity contribution < 1.29 is 9.21 Å². The lowest BCUT2D eigenvalue weighted by molar-refractivity contribution is -0.116. The highest BCUT2D eigenvalue weighted by Crippen LogP contribution is 2.35. The Bertz CT molecular complexity index is 1140. The molecular weight excluding hydrogens is 410 g/mol. The molecule has 3 heterocycles. The first-order chi connectivity index (χ1) is 15.3. The van der Waals surface area contributed by atoms with Gasteiger partial charge in [0.15, 0.2) is 0 Å². The van der Waals surface area contributed by atoms with E-state index in [0.29, 0.717) is 29.9 Å². The van der Waals surface area contributed by atoms with Gasteiger partial charge in [-0.1, -0.05) is 31.0 Å². The molecule has 158 valence electrons. The molecule has 0 atom stereocenters. The molecule has 0 radical (unpaired) electrons. The second-order valence-electron chi connectivity index (χ2n) is 7.74. The molecule has 0 saturated heterocycles. The van der Waals surface area contributed by atoms with Crippen LogP contribution >= 0.6 is 11.3 Å². The maximum Gasteiger partial charge on any atom is 0.248 e. The molecule has 31 heavy (non-hydrogen) atoms. The molecule has 0 aliphatic heterocycles. The number of nitrogens with one attached hydrogen (secondary N) is 1. The summed E-state index contributed by atoms with van der Waals surface area (Å²) in [4.78, 5) is 12.7. The van der Waals surface area contributed by atoms with Crippen molar-refractivity contribution in [2.45, 2.75) is 44.4 Å². The fourth-order valence-corrected chi connectivity index (χ4v) is 4.59. The summed E-state index contributed by atoms with van der Waals surface area (Å²) in [6.07, 6.45) is 5.43. The van der Waals surface area contributed by atoms with Crippen molar-refractivity contribution in [1.82, 2.24) is 20.0 Å². The maximum atomic E-state index is 12.7. The molecule has 1 N–H and O–H groups in total. The molecule has 1 saturated carbocycles. The van der Waals surface area contributed by atoms with Crippen molar-refractivity contribution in [3.05, 3.63) is 64.8 Å². The lowest BCUT2D eigenvalue weighted by atomic mass is 10.0. The Kier molecular flexibility index (Phi) is 5.62. The summed E-state index contributed by atoms with van der Waals surface area (Å²) in [5.74, 6) is 2.00. The van der Waals surface area contributed by atoms with E-state index in [1.165, 1.54) is 12.8 Å². The number of para-hydroxylation sites is 1. The van der Waals surface area contributed by atoms with E-state index in [1.54, 1.807) is 11.3 Å². The van der Waals surface area contributed by atoms with Gasteiger partial charge in [0, 0.05) is 35.8 Å². The smallest absolute Gasteiger partial charge is 0.248 e. The van der Waals surface area contributed by atoms with Crippen LogP contribution in [-0.4, -0.2) is 25.9 Å². The number of thiophene rings is 1. The zero-order valence-electron chi connectivity index (χ0n) is 17.0. The van der Waals surface area contributed by atoms with Crippen LogP contribution in [0.1, 0.15) is 49.6 Å². The largest absolute Gasteiger partial charge is 0.421 e. The average molecular weight is 434 g/mol. The zero-order valence-corrected chi connectivity index (χ0v) is 17.8. The number of aryl methyl sites for hydroxylation is 1. The first-order valence-corrected chi connectivity index (χ1v) is 11.5. The van der Waals surface area contributed by atoms with E-state index >= 15 is 0 Å². The van der Waals surface area contributed by atoms with Gasteiger partial charge < -0.3 is 9.73 Å². The number of anilines is 1. The van der Waals surface area contributed by atoms with Crippen molar-refractivity contribution >= 4 is 23.1 Å². The summed E-state index contributed by atoms with van der Waals surface area (Å²) in [5.41, 5.74) is 2.88. The number of hydrogen-bond donors (Lipinski definition) is 1. The molecule has 0 bridgehead atoms. The van der Waals surface area contributed by atoms with Crippen molar-refractivity contribution in [2.75, 3.05) is 5.32 Å². The summed E-state index contributed by atoms with van der Waals surface area (Å²) in [7, 11) is 0. The molecule has 7 nitrogen and oxygen atoms in total. The molecule has 1 amide bonds. The van der Waals surface area contributed by atoms with Crippen LogP contribution in [0, 0.1) is 0 Å². The lowest BCUT2D eigenvalue weighted by Crippen LogP contribution is -2.15. The highest BCUT2D eigenvalue weighted by molar-refractivity contribution is 7.08. The number of amides is 1. The van der Waals surface area contributed by atoms with Gasteiger partial charge in [0.2, 0.25) is 17.7 Å². The third kappa shape index (κ3) is 4.44. The number of nitrogens with zero attached hydrogens (tertiary/aromatic N) is 4. The molecular formula is C23H23N5O2S. The van der Waals surface area contributed by atoms with Gasteiger partial charge in [0.1, 0.15) is 5.82 Å². The third-order valence-corrected chi connectivity index (χ3v) is 6.25. The van der Waals surface area contributed by atoms with Crippen LogP contribution in [0.25, 0.3) is 17.1 Å². The zero-order chi connectivity index (χ0) is 21.0. The van der Waals surface area contributed by atoms with Crippen molar-refractivity contribution in [3.8, 4) is 17.1 Å². The standard InChI is InChI=1S/C23H23N5O2S/c29-21(10-11-22-25-26-23(30-22)17-12-13-31-15-17)24-20-14-19(16-6-4-5-7-16)27-28(20)18-8-2-1-3-9-18/h1-3,8-9,12-16H,4-7,10-11H2,(H,24,29). The van der Waals surface area contributed by atoms with Crippen LogP contribution in [-0.2, 0) is 11.2 Å². The predicted molar refractivity (Wildman–Crippen MR) is 119 cm³/mol. The Hall–Kier alpha value is -3.26. The monoisotopic (exact) mass is 433 g/mol. The van der Waals surface area contributed by atoms with Crippen molar-refractivity contribution in [1.29, 1.82) is 0 Å². The molecule has 5 rings (SSSR count). The van der Waals surface area contributed by atoms with E-state index < -0.39 is 0 Å². The molecule has 1 aliphatic carbocycles. The number of aromatic nitrogens is 4. The first-order valence-electron chi connectivity index (χ1n) is 10.6. The maximum absolute atomic E-state index is 12.7. The molecule has 4 aromatic rings. The van der Waals surface area contributed by atoms with Gasteiger partial charge in [0.05, 0.1) is 11.4 Å². The van der Waals surface area contributed by atoms with E-state index in [1.807, 2.05) is 57.9 Å². The van der Waals surface area contributed by atoms with E-state index in [4.69, 9.17) is 9.52 Å². The van der Waals surface area contributed by atoms with Gasteiger partial charge >= 0.3 is 0 Å². The summed E-state index contributed by atoms with van der Waals surface area (Å²) >= 11 is 1.57. The second kappa shape index (κ2) is 8.85. The number of carbonyl (C=O) groups is 1. The Labute approximate surface area is 184 Å². The number of rotatable bonds is 7. The van der Waals surface area contributed by atoms with Crippen LogP contribution in [0.2, 0.25) is 0 Å². The fraction of sp³-hybridized carbons (Fsp3) is 0.304. The number of carbonyl (C=O) groups excluding carboxylic acids is 1. The summed E-state index contributed by atoms with van der Waals surface area (Å²) in [6.45, 7) is 0. The minimum atomic E-state index is -0.106. The minimum absolute atomic E-state index is 0.106. The summed E-state index contributed by atoms with van der Waals surface area (Å²) in [6, 6.07) is 13.8. The van der Waals surface area contributed by atoms with Crippen LogP contribution in [0.5, 0.6) is 0 Å². The van der Waals surface area contributed by atoms with E-state index in [9.17, 15) is 4.79 Å². The third-order valence-electron chi connectivity index (χ3n) is 5.57. The Morgan fingerprint density at radius 1 is 1.16 bits per heavy atom. The van der Waals surface area contributed by atoms with E-state index in [0.717, 1.165) is 29.8 Å². The Morgan fingerprint density at radius 3 is 2.77 bits per heavy atom. The van der Waals surface area contributed by atoms with Gasteiger partial charge in [-0.3, -0.25) is 4.79 Å². The van der Waals surface area contributed by atoms with Crippen molar-refractivity contribution in [3.63, 3.8) is 0 Å². The quantitative estimate of drug-likeness (QED) is 0.432. The Balaban J connectivity index is 1.29. The van der Waals surface area contributed by atoms with Gasteiger partial charge in [-0.25, -0.2) is 4.68 Å². The molecule has 1 fully saturated rings. The highest BCUT2D eigenvalue weighted by atomic mass is 32.1. The molecule has 1 aromatic carbocycles. The van der Waals surface area contributed by atoms with E-state index in [-0.39, 0.29) is 12.3 Å². The topological polar surface area (TPSA) is 85.8 Å². The van der Waals surface area contributed by atoms with Crippen LogP contribution in [0.4, 0.5) is 5.82 Å². The van der Waals surface area contributed by atoms with Crippen LogP contribution < -0.4 is 5.32 Å². The minimum Gasteiger partial charge on any atom is -0.421 e. The highest BCUT2D eigenvalue weighted by Gasteiger charge is 2.22. The molecule has 3 aromatic heterocycles. The Morgan fingerprint density at radius 2 is 2.00 bits per heavy atom. The number of benzene rings is 1. The van der Waals surface area contributed by atoms with Gasteiger partial charge in [-0.05, 0) is 36.4 Å². The molecule has 1 aliphatic rings. The lowest BCUT2D eigenvalue weighted by Gasteiger charge is -2.08. The fourth-order valence-electron chi connectivity index (χ4n) is 3.96. The predicted octanol–water partition coefficient (Wildman–Crippen LogP) is 5.21.